The van der Waals surface area contributed by atoms with E-state index in [4.69, 9.17) is 0 Å². The molecule has 0 bridgehead atoms. The zero-order chi connectivity index (χ0) is 14.1. The lowest BCUT2D eigenvalue weighted by atomic mass is 10.2. The van der Waals surface area contributed by atoms with Crippen LogP contribution in [0.25, 0.3) is 11.0 Å². The summed E-state index contributed by atoms with van der Waals surface area (Å²) in [5.41, 5.74) is 2.47. The highest BCUT2D eigenvalue weighted by Crippen LogP contribution is 2.28. The molecule has 3 aromatic heterocycles. The zero-order valence-corrected chi connectivity index (χ0v) is 11.3. The van der Waals surface area contributed by atoms with E-state index in [1.54, 1.807) is 12.3 Å². The van der Waals surface area contributed by atoms with Crippen LogP contribution in [0.1, 0.15) is 0 Å². The highest BCUT2D eigenvalue weighted by molar-refractivity contribution is 5.92. The first-order valence-corrected chi connectivity index (χ1v) is 6.25. The van der Waals surface area contributed by atoms with E-state index in [0.29, 0.717) is 0 Å². The highest BCUT2D eigenvalue weighted by atomic mass is 16.1. The predicted octanol–water partition coefficient (Wildman–Crippen LogP) is 2.06. The molecule has 3 rings (SSSR count). The lowest BCUT2D eigenvalue weighted by Crippen LogP contribution is -2.17. The molecule has 0 aromatic carbocycles. The summed E-state index contributed by atoms with van der Waals surface area (Å²) < 4.78 is 0. The summed E-state index contributed by atoms with van der Waals surface area (Å²) >= 11 is 0. The van der Waals surface area contributed by atoms with E-state index < -0.39 is 0 Å². The largest absolute Gasteiger partial charge is 0.362 e. The molecule has 0 aliphatic carbocycles. The first kappa shape index (κ1) is 12.3. The van der Waals surface area contributed by atoms with Crippen molar-refractivity contribution in [2.75, 3.05) is 24.3 Å². The minimum absolute atomic E-state index is 0.124. The van der Waals surface area contributed by atoms with Crippen LogP contribution in [0.5, 0.6) is 0 Å². The first-order valence-electron chi connectivity index (χ1n) is 6.25. The summed E-state index contributed by atoms with van der Waals surface area (Å²) in [4.78, 5) is 23.5. The van der Waals surface area contributed by atoms with Crippen molar-refractivity contribution in [2.45, 2.75) is 0 Å². The number of H-pyrrole nitrogens is 2. The first-order chi connectivity index (χ1) is 9.65. The number of nitrogens with one attached hydrogen (secondary N) is 3. The van der Waals surface area contributed by atoms with E-state index in [0.717, 1.165) is 28.2 Å². The minimum atomic E-state index is -0.124. The van der Waals surface area contributed by atoms with Crippen LogP contribution in [0.2, 0.25) is 0 Å². The molecule has 0 spiro atoms. The second-order valence-electron chi connectivity index (χ2n) is 4.70. The predicted molar refractivity (Wildman–Crippen MR) is 80.8 cm³/mol. The maximum absolute atomic E-state index is 11.4. The molecule has 102 valence electrons. The van der Waals surface area contributed by atoms with Gasteiger partial charge in [0.15, 0.2) is 0 Å². The number of hydrogen-bond donors (Lipinski definition) is 3. The van der Waals surface area contributed by atoms with Gasteiger partial charge in [0.05, 0.1) is 11.4 Å². The third-order valence-electron chi connectivity index (χ3n) is 3.07. The Bertz CT molecular complexity index is 802. The van der Waals surface area contributed by atoms with Gasteiger partial charge in [-0.3, -0.25) is 4.79 Å². The summed E-state index contributed by atoms with van der Waals surface area (Å²) in [5.74, 6) is 0.734. The minimum Gasteiger partial charge on any atom is -0.362 e. The van der Waals surface area contributed by atoms with Gasteiger partial charge in [-0.15, -0.1) is 0 Å². The molecule has 0 unspecified atom stereocenters. The molecule has 3 aromatic rings. The van der Waals surface area contributed by atoms with Gasteiger partial charge in [0.1, 0.15) is 11.5 Å². The monoisotopic (exact) mass is 269 g/mol. The van der Waals surface area contributed by atoms with Gasteiger partial charge in [-0.2, -0.15) is 0 Å². The summed E-state index contributed by atoms with van der Waals surface area (Å²) in [7, 11) is 3.77. The van der Waals surface area contributed by atoms with Crippen LogP contribution in [0.15, 0.2) is 41.5 Å². The van der Waals surface area contributed by atoms with Crippen LogP contribution in [0.4, 0.5) is 17.2 Å². The quantitative estimate of drug-likeness (QED) is 0.680. The fourth-order valence-corrected chi connectivity index (χ4v) is 2.13. The molecule has 0 radical (unpaired) electrons. The number of pyridine rings is 2. The second-order valence-corrected chi connectivity index (χ2v) is 4.70. The number of aromatic nitrogens is 3. The molecule has 3 N–H and O–H groups in total. The van der Waals surface area contributed by atoms with E-state index in [-0.39, 0.29) is 5.56 Å². The number of rotatable bonds is 3. The van der Waals surface area contributed by atoms with Crippen LogP contribution in [0.3, 0.4) is 0 Å². The average Bonchev–Trinajstić information content (AvgIpc) is 2.90. The van der Waals surface area contributed by atoms with E-state index in [1.807, 2.05) is 37.3 Å². The Hall–Kier alpha value is -2.76. The van der Waals surface area contributed by atoms with Crippen LogP contribution >= 0.6 is 0 Å². The summed E-state index contributed by atoms with van der Waals surface area (Å²) in [6, 6.07) is 7.14. The van der Waals surface area contributed by atoms with Gasteiger partial charge in [-0.25, -0.2) is 4.98 Å². The van der Waals surface area contributed by atoms with Gasteiger partial charge in [0.2, 0.25) is 5.56 Å². The van der Waals surface area contributed by atoms with Crippen molar-refractivity contribution in [1.29, 1.82) is 0 Å². The van der Waals surface area contributed by atoms with Crippen molar-refractivity contribution in [3.63, 3.8) is 0 Å². The molecular weight excluding hydrogens is 254 g/mol. The fourth-order valence-electron chi connectivity index (χ4n) is 2.13. The van der Waals surface area contributed by atoms with Crippen molar-refractivity contribution >= 4 is 28.2 Å². The molecule has 3 heterocycles. The zero-order valence-electron chi connectivity index (χ0n) is 11.3. The van der Waals surface area contributed by atoms with E-state index in [1.165, 1.54) is 6.07 Å². The van der Waals surface area contributed by atoms with Gasteiger partial charge in [-0.05, 0) is 18.2 Å². The van der Waals surface area contributed by atoms with E-state index in [9.17, 15) is 4.79 Å². The average molecular weight is 269 g/mol. The Balaban J connectivity index is 2.07. The van der Waals surface area contributed by atoms with Crippen molar-refractivity contribution in [3.8, 4) is 0 Å². The number of nitrogens with zero attached hydrogens (tertiary/aromatic N) is 2. The Kier molecular flexibility index (Phi) is 2.90. The van der Waals surface area contributed by atoms with Gasteiger partial charge in [0, 0.05) is 37.9 Å². The third-order valence-corrected chi connectivity index (χ3v) is 3.07. The van der Waals surface area contributed by atoms with Crippen molar-refractivity contribution in [1.82, 2.24) is 15.0 Å². The smallest absolute Gasteiger partial charge is 0.249 e. The van der Waals surface area contributed by atoms with Crippen molar-refractivity contribution in [2.24, 2.45) is 0 Å². The summed E-state index contributed by atoms with van der Waals surface area (Å²) in [6.07, 6.45) is 3.59. The molecule has 0 saturated carbocycles. The Morgan fingerprint density at radius 1 is 1.15 bits per heavy atom. The van der Waals surface area contributed by atoms with E-state index >= 15 is 0 Å². The molecule has 0 saturated heterocycles. The highest BCUT2D eigenvalue weighted by Gasteiger charge is 2.08. The molecule has 6 nitrogen and oxygen atoms in total. The van der Waals surface area contributed by atoms with Gasteiger partial charge < -0.3 is 20.2 Å². The standard InChI is InChI=1S/C14H15N5O/c1-19(2)14-11(3-4-12(20)18-14)17-10-6-8-16-13-9(10)5-7-15-13/h3-8H,1-2H3,(H,18,20)(H2,15,16,17). The Morgan fingerprint density at radius 2 is 2.00 bits per heavy atom. The molecule has 0 atom stereocenters. The van der Waals surface area contributed by atoms with Gasteiger partial charge in [0.25, 0.3) is 0 Å². The second kappa shape index (κ2) is 4.73. The number of anilines is 3. The Labute approximate surface area is 115 Å². The normalized spacial score (nSPS) is 10.7. The lowest BCUT2D eigenvalue weighted by Gasteiger charge is -2.18. The van der Waals surface area contributed by atoms with Crippen molar-refractivity contribution in [3.05, 3.63) is 47.0 Å². The topological polar surface area (TPSA) is 76.8 Å². The summed E-state index contributed by atoms with van der Waals surface area (Å²) in [5, 5.41) is 4.34. The molecule has 0 aliphatic heterocycles. The van der Waals surface area contributed by atoms with Crippen LogP contribution in [-0.4, -0.2) is 29.0 Å². The van der Waals surface area contributed by atoms with Crippen LogP contribution in [0, 0.1) is 0 Å². The lowest BCUT2D eigenvalue weighted by molar-refractivity contribution is 1.05. The molecular formula is C14H15N5O. The number of aromatic amines is 2. The third kappa shape index (κ3) is 2.11. The van der Waals surface area contributed by atoms with Crippen LogP contribution < -0.4 is 15.8 Å². The fraction of sp³-hybridized carbons (Fsp3) is 0.143. The summed E-state index contributed by atoms with van der Waals surface area (Å²) in [6.45, 7) is 0. The molecule has 0 amide bonds. The van der Waals surface area contributed by atoms with Gasteiger partial charge in [-0.1, -0.05) is 0 Å². The van der Waals surface area contributed by atoms with E-state index in [2.05, 4.69) is 20.3 Å². The van der Waals surface area contributed by atoms with Crippen molar-refractivity contribution < 1.29 is 0 Å². The number of hydrogen-bond acceptors (Lipinski definition) is 4. The maximum Gasteiger partial charge on any atom is 0.249 e. The SMILES string of the molecule is CN(C)c1[nH]c(=O)ccc1Nc1ccnc2[nH]ccc12. The maximum atomic E-state index is 11.4. The molecule has 6 heteroatoms. The van der Waals surface area contributed by atoms with Crippen LogP contribution in [-0.2, 0) is 0 Å². The molecule has 0 fully saturated rings. The molecule has 20 heavy (non-hydrogen) atoms. The number of fused-ring (bicyclic) bond motifs is 1. The molecule has 0 aliphatic rings. The Morgan fingerprint density at radius 3 is 2.80 bits per heavy atom. The van der Waals surface area contributed by atoms with Gasteiger partial charge >= 0.3 is 0 Å².